The van der Waals surface area contributed by atoms with Gasteiger partial charge in [-0.15, -0.1) is 0 Å². The van der Waals surface area contributed by atoms with Crippen molar-refractivity contribution in [3.05, 3.63) is 23.7 Å². The van der Waals surface area contributed by atoms with E-state index in [-0.39, 0.29) is 17.6 Å². The van der Waals surface area contributed by atoms with Gasteiger partial charge in [-0.1, -0.05) is 6.92 Å². The van der Waals surface area contributed by atoms with Crippen LogP contribution >= 0.6 is 0 Å². The van der Waals surface area contributed by atoms with Crippen LogP contribution in [-0.4, -0.2) is 23.0 Å². The fourth-order valence-electron chi connectivity index (χ4n) is 3.08. The molecule has 0 radical (unpaired) electrons. The minimum atomic E-state index is 0.132. The van der Waals surface area contributed by atoms with Gasteiger partial charge in [-0.3, -0.25) is 4.90 Å². The minimum Gasteiger partial charge on any atom is -0.465 e. The molecule has 3 nitrogen and oxygen atoms in total. The maximum atomic E-state index is 6.36. The molecule has 0 aromatic carbocycles. The molecule has 3 heteroatoms. The van der Waals surface area contributed by atoms with Crippen molar-refractivity contribution < 1.29 is 4.42 Å². The van der Waals surface area contributed by atoms with Crippen LogP contribution in [0.3, 0.4) is 0 Å². The molecule has 0 amide bonds. The molecule has 2 rings (SSSR count). The van der Waals surface area contributed by atoms with Crippen molar-refractivity contribution in [2.24, 2.45) is 5.73 Å². The topological polar surface area (TPSA) is 42.4 Å². The molecule has 2 unspecified atom stereocenters. The minimum absolute atomic E-state index is 0.132. The van der Waals surface area contributed by atoms with E-state index >= 15 is 0 Å². The van der Waals surface area contributed by atoms with E-state index in [9.17, 15) is 0 Å². The third-order valence-corrected chi connectivity index (χ3v) is 4.23. The van der Waals surface area contributed by atoms with Crippen LogP contribution in [0.5, 0.6) is 0 Å². The Morgan fingerprint density at radius 1 is 1.44 bits per heavy atom. The summed E-state index contributed by atoms with van der Waals surface area (Å²) in [4.78, 5) is 2.53. The molecule has 0 saturated carbocycles. The molecule has 1 fully saturated rings. The Balaban J connectivity index is 2.31. The van der Waals surface area contributed by atoms with Crippen molar-refractivity contribution in [2.45, 2.75) is 64.6 Å². The normalized spacial score (nSPS) is 23.2. The van der Waals surface area contributed by atoms with Crippen molar-refractivity contribution >= 4 is 0 Å². The first-order valence-corrected chi connectivity index (χ1v) is 7.04. The number of hydrogen-bond acceptors (Lipinski definition) is 3. The van der Waals surface area contributed by atoms with Crippen molar-refractivity contribution in [1.29, 1.82) is 0 Å². The molecule has 2 heterocycles. The van der Waals surface area contributed by atoms with Gasteiger partial charge in [0.25, 0.3) is 0 Å². The molecule has 1 aromatic heterocycles. The molecule has 0 bridgehead atoms. The average molecular weight is 250 g/mol. The van der Waals surface area contributed by atoms with Gasteiger partial charge in [0.1, 0.15) is 11.5 Å². The Labute approximate surface area is 110 Å². The van der Waals surface area contributed by atoms with Gasteiger partial charge in [-0.2, -0.15) is 0 Å². The number of aryl methyl sites for hydroxylation is 1. The summed E-state index contributed by atoms with van der Waals surface area (Å²) in [5.74, 6) is 1.99. The van der Waals surface area contributed by atoms with E-state index in [0.717, 1.165) is 24.5 Å². The quantitative estimate of drug-likeness (QED) is 0.892. The predicted molar refractivity (Wildman–Crippen MR) is 74.5 cm³/mol. The molecule has 0 spiro atoms. The van der Waals surface area contributed by atoms with Gasteiger partial charge in [0.05, 0.1) is 6.04 Å². The van der Waals surface area contributed by atoms with Gasteiger partial charge in [0.15, 0.2) is 0 Å². The van der Waals surface area contributed by atoms with E-state index in [4.69, 9.17) is 10.2 Å². The molecule has 2 atom stereocenters. The summed E-state index contributed by atoms with van der Waals surface area (Å²) < 4.78 is 5.85. The highest BCUT2D eigenvalue weighted by Gasteiger charge is 2.40. The second-order valence-electron chi connectivity index (χ2n) is 6.07. The van der Waals surface area contributed by atoms with E-state index in [1.807, 2.05) is 13.0 Å². The molecule has 0 aliphatic carbocycles. The molecule has 18 heavy (non-hydrogen) atoms. The van der Waals surface area contributed by atoms with Crippen LogP contribution in [0, 0.1) is 6.92 Å². The monoisotopic (exact) mass is 250 g/mol. The molecule has 1 aliphatic rings. The van der Waals surface area contributed by atoms with Crippen LogP contribution in [0.15, 0.2) is 16.5 Å². The first-order valence-electron chi connectivity index (χ1n) is 7.04. The Morgan fingerprint density at radius 2 is 2.17 bits per heavy atom. The number of rotatable bonds is 4. The molecular weight excluding hydrogens is 224 g/mol. The van der Waals surface area contributed by atoms with E-state index in [1.54, 1.807) is 0 Å². The summed E-state index contributed by atoms with van der Waals surface area (Å²) in [5.41, 5.74) is 6.58. The highest BCUT2D eigenvalue weighted by atomic mass is 16.3. The SMILES string of the molecule is CCC(N)C(c1ccc(C)o1)N1CCCC1(C)C. The van der Waals surface area contributed by atoms with Gasteiger partial charge in [0, 0.05) is 11.6 Å². The van der Waals surface area contributed by atoms with Gasteiger partial charge < -0.3 is 10.2 Å². The van der Waals surface area contributed by atoms with Crippen molar-refractivity contribution in [3.8, 4) is 0 Å². The summed E-state index contributed by atoms with van der Waals surface area (Å²) in [6.45, 7) is 9.88. The molecule has 102 valence electrons. The van der Waals surface area contributed by atoms with Gasteiger partial charge in [0.2, 0.25) is 0 Å². The van der Waals surface area contributed by atoms with Gasteiger partial charge in [-0.05, 0) is 58.7 Å². The maximum Gasteiger partial charge on any atom is 0.122 e. The molecular formula is C15H26N2O. The molecule has 1 saturated heterocycles. The zero-order chi connectivity index (χ0) is 13.3. The Bertz CT molecular complexity index is 397. The summed E-state index contributed by atoms with van der Waals surface area (Å²) in [6.07, 6.45) is 3.45. The Hall–Kier alpha value is -0.800. The van der Waals surface area contributed by atoms with Crippen LogP contribution in [-0.2, 0) is 0 Å². The molecule has 1 aliphatic heterocycles. The van der Waals surface area contributed by atoms with Crippen molar-refractivity contribution in [1.82, 2.24) is 4.90 Å². The number of furan rings is 1. The van der Waals surface area contributed by atoms with E-state index in [1.165, 1.54) is 12.8 Å². The second-order valence-corrected chi connectivity index (χ2v) is 6.07. The third-order valence-electron chi connectivity index (χ3n) is 4.23. The van der Waals surface area contributed by atoms with Gasteiger partial charge >= 0.3 is 0 Å². The number of nitrogens with two attached hydrogens (primary N) is 1. The smallest absolute Gasteiger partial charge is 0.122 e. The van der Waals surface area contributed by atoms with Crippen LogP contribution in [0.2, 0.25) is 0 Å². The first kappa shape index (κ1) is 13.6. The highest BCUT2D eigenvalue weighted by Crippen LogP contribution is 2.38. The lowest BCUT2D eigenvalue weighted by atomic mass is 9.95. The lowest BCUT2D eigenvalue weighted by Crippen LogP contribution is -2.47. The van der Waals surface area contributed by atoms with E-state index < -0.39 is 0 Å². The Kier molecular flexibility index (Phi) is 3.83. The molecule has 2 N–H and O–H groups in total. The summed E-state index contributed by atoms with van der Waals surface area (Å²) in [7, 11) is 0. The lowest BCUT2D eigenvalue weighted by molar-refractivity contribution is 0.0818. The van der Waals surface area contributed by atoms with E-state index in [0.29, 0.717) is 0 Å². The van der Waals surface area contributed by atoms with Gasteiger partial charge in [-0.25, -0.2) is 0 Å². The first-order chi connectivity index (χ1) is 8.45. The number of likely N-dealkylation sites (tertiary alicyclic amines) is 1. The third kappa shape index (κ3) is 2.47. The lowest BCUT2D eigenvalue weighted by Gasteiger charge is -2.40. The maximum absolute atomic E-state index is 6.36. The van der Waals surface area contributed by atoms with Crippen LogP contribution in [0.4, 0.5) is 0 Å². The fraction of sp³-hybridized carbons (Fsp3) is 0.733. The standard InChI is InChI=1S/C15H26N2O/c1-5-12(16)14(13-8-7-11(2)18-13)17-10-6-9-15(17,3)4/h7-8,12,14H,5-6,9-10,16H2,1-4H3. The zero-order valence-electron chi connectivity index (χ0n) is 12.1. The Morgan fingerprint density at radius 3 is 2.61 bits per heavy atom. The zero-order valence-corrected chi connectivity index (χ0v) is 12.1. The van der Waals surface area contributed by atoms with Crippen LogP contribution < -0.4 is 5.73 Å². The van der Waals surface area contributed by atoms with Crippen LogP contribution in [0.25, 0.3) is 0 Å². The number of hydrogen-bond donors (Lipinski definition) is 1. The summed E-state index contributed by atoms with van der Waals surface area (Å²) in [5, 5.41) is 0. The van der Waals surface area contributed by atoms with Crippen molar-refractivity contribution in [3.63, 3.8) is 0 Å². The summed E-state index contributed by atoms with van der Waals surface area (Å²) in [6, 6.07) is 4.46. The molecule has 1 aromatic rings. The van der Waals surface area contributed by atoms with Crippen molar-refractivity contribution in [2.75, 3.05) is 6.54 Å². The largest absolute Gasteiger partial charge is 0.465 e. The van der Waals surface area contributed by atoms with E-state index in [2.05, 4.69) is 31.7 Å². The highest BCUT2D eigenvalue weighted by molar-refractivity contribution is 5.14. The average Bonchev–Trinajstić information content (AvgIpc) is 2.87. The van der Waals surface area contributed by atoms with Crippen LogP contribution in [0.1, 0.15) is 57.6 Å². The fourth-order valence-corrected chi connectivity index (χ4v) is 3.08. The predicted octanol–water partition coefficient (Wildman–Crippen LogP) is 3.24. The second kappa shape index (κ2) is 5.06. The number of nitrogens with zero attached hydrogens (tertiary/aromatic N) is 1. The summed E-state index contributed by atoms with van der Waals surface area (Å²) >= 11 is 0.